The van der Waals surface area contributed by atoms with Crippen LogP contribution in [0.1, 0.15) is 55.0 Å². The van der Waals surface area contributed by atoms with Crippen LogP contribution in [-0.2, 0) is 26.4 Å². The summed E-state index contributed by atoms with van der Waals surface area (Å²) in [5.41, 5.74) is 6.68. The number of benzene rings is 1. The van der Waals surface area contributed by atoms with Crippen LogP contribution in [0.25, 0.3) is 11.1 Å². The third-order valence-electron chi connectivity index (χ3n) is 7.46. The second-order valence-corrected chi connectivity index (χ2v) is 11.5. The Balaban J connectivity index is 1.53. The number of halogens is 1. The lowest BCUT2D eigenvalue weighted by Gasteiger charge is -2.31. The maximum absolute atomic E-state index is 15.1. The molecule has 198 valence electrons. The summed E-state index contributed by atoms with van der Waals surface area (Å²) in [6, 6.07) is 6.49. The average molecular weight is 516 g/mol. The van der Waals surface area contributed by atoms with Crippen molar-refractivity contribution in [3.63, 3.8) is 0 Å². The second kappa shape index (κ2) is 9.11. The number of carbonyl (C=O) groups is 1. The van der Waals surface area contributed by atoms with Crippen molar-refractivity contribution in [3.05, 3.63) is 80.8 Å². The Morgan fingerprint density at radius 1 is 1.11 bits per heavy atom. The molecule has 7 nitrogen and oxygen atoms in total. The lowest BCUT2D eigenvalue weighted by atomic mass is 9.90. The summed E-state index contributed by atoms with van der Waals surface area (Å²) in [7, 11) is 1.62. The summed E-state index contributed by atoms with van der Waals surface area (Å²) >= 11 is 0. The van der Waals surface area contributed by atoms with Gasteiger partial charge in [-0.25, -0.2) is 4.39 Å². The number of anilines is 2. The Kier molecular flexibility index (Phi) is 6.16. The van der Waals surface area contributed by atoms with E-state index in [4.69, 9.17) is 5.41 Å². The number of pyridine rings is 1. The lowest BCUT2D eigenvalue weighted by molar-refractivity contribution is 0.0964. The van der Waals surface area contributed by atoms with Gasteiger partial charge in [-0.2, -0.15) is 0 Å². The van der Waals surface area contributed by atoms with Crippen molar-refractivity contribution >= 4 is 23.1 Å². The zero-order chi connectivity index (χ0) is 27.5. The number of allylic oxidation sites excluding steroid dienone is 1. The van der Waals surface area contributed by atoms with E-state index >= 15 is 4.39 Å². The van der Waals surface area contributed by atoms with Crippen molar-refractivity contribution in [2.45, 2.75) is 54.0 Å². The van der Waals surface area contributed by atoms with Crippen LogP contribution < -0.4 is 15.8 Å². The molecule has 1 amide bonds. The molecule has 2 aliphatic rings. The van der Waals surface area contributed by atoms with Gasteiger partial charge in [0.25, 0.3) is 11.5 Å². The summed E-state index contributed by atoms with van der Waals surface area (Å²) in [5.74, 6) is -0.492. The fourth-order valence-corrected chi connectivity index (χ4v) is 5.80. The molecule has 0 atom stereocenters. The quantitative estimate of drug-likeness (QED) is 0.358. The number of hydrogen-bond acceptors (Lipinski definition) is 3. The van der Waals surface area contributed by atoms with Crippen molar-refractivity contribution in [3.8, 4) is 11.1 Å². The third kappa shape index (κ3) is 4.48. The molecular formula is C30H34FN5O2. The van der Waals surface area contributed by atoms with Crippen LogP contribution in [0.15, 0.2) is 46.9 Å². The number of carbonyl (C=O) groups excluding carboxylic acids is 1. The Morgan fingerprint density at radius 2 is 1.84 bits per heavy atom. The molecule has 0 radical (unpaired) electrons. The van der Waals surface area contributed by atoms with E-state index < -0.39 is 5.82 Å². The number of hydrogen-bond donors (Lipinski definition) is 2. The van der Waals surface area contributed by atoms with E-state index in [0.29, 0.717) is 35.6 Å². The zero-order valence-corrected chi connectivity index (χ0v) is 22.8. The molecule has 8 heteroatoms. The molecular weight excluding hydrogens is 481 g/mol. The maximum Gasteiger partial charge on any atom is 0.274 e. The van der Waals surface area contributed by atoms with E-state index in [2.05, 4.69) is 23.7 Å². The molecule has 0 saturated carbocycles. The minimum Gasteiger partial charge on any atom is -0.339 e. The number of aryl methyl sites for hydroxylation is 1. The van der Waals surface area contributed by atoms with Crippen LogP contribution >= 0.6 is 0 Å². The number of nitrogens with zero attached hydrogens (tertiary/aromatic N) is 3. The van der Waals surface area contributed by atoms with Gasteiger partial charge in [-0.1, -0.05) is 19.4 Å². The molecule has 1 aromatic carbocycles. The Morgan fingerprint density at radius 3 is 2.55 bits per heavy atom. The predicted molar refractivity (Wildman–Crippen MR) is 150 cm³/mol. The molecule has 1 aliphatic heterocycles. The molecule has 5 rings (SSSR count). The minimum atomic E-state index is -0.459. The van der Waals surface area contributed by atoms with Gasteiger partial charge in [0.2, 0.25) is 0 Å². The Hall–Kier alpha value is -3.94. The SMILES string of the molecule is CC(C)=CC(=N)Nc1cc(-c2cc(F)cc(N3CCn4c(cc5c4CC(C)(C)C5)C3=O)c2C)cn(C)c1=O. The normalized spacial score (nSPS) is 15.8. The first kappa shape index (κ1) is 25.7. The third-order valence-corrected chi connectivity index (χ3v) is 7.46. The van der Waals surface area contributed by atoms with Crippen LogP contribution in [0.5, 0.6) is 0 Å². The maximum atomic E-state index is 15.1. The fourth-order valence-electron chi connectivity index (χ4n) is 5.80. The number of aromatic nitrogens is 2. The highest BCUT2D eigenvalue weighted by atomic mass is 19.1. The van der Waals surface area contributed by atoms with Crippen LogP contribution in [0, 0.1) is 23.6 Å². The topological polar surface area (TPSA) is 83.1 Å². The summed E-state index contributed by atoms with van der Waals surface area (Å²) in [5, 5.41) is 11.0. The van der Waals surface area contributed by atoms with Gasteiger partial charge in [0.05, 0.1) is 5.69 Å². The molecule has 1 aliphatic carbocycles. The van der Waals surface area contributed by atoms with Gasteiger partial charge in [-0.15, -0.1) is 0 Å². The van der Waals surface area contributed by atoms with Gasteiger partial charge in [-0.3, -0.25) is 15.0 Å². The molecule has 0 bridgehead atoms. The van der Waals surface area contributed by atoms with Gasteiger partial charge < -0.3 is 19.4 Å². The van der Waals surface area contributed by atoms with E-state index in [1.54, 1.807) is 30.3 Å². The van der Waals surface area contributed by atoms with Gasteiger partial charge in [-0.05, 0) is 86.1 Å². The molecule has 3 aromatic rings. The molecule has 0 fully saturated rings. The van der Waals surface area contributed by atoms with Crippen molar-refractivity contribution in [2.24, 2.45) is 12.5 Å². The first-order valence-corrected chi connectivity index (χ1v) is 12.9. The van der Waals surface area contributed by atoms with Crippen molar-refractivity contribution < 1.29 is 9.18 Å². The molecule has 2 aromatic heterocycles. The van der Waals surface area contributed by atoms with Crippen molar-refractivity contribution in [1.29, 1.82) is 5.41 Å². The van der Waals surface area contributed by atoms with Crippen LogP contribution in [0.2, 0.25) is 0 Å². The van der Waals surface area contributed by atoms with Crippen molar-refractivity contribution in [2.75, 3.05) is 16.8 Å². The highest BCUT2D eigenvalue weighted by molar-refractivity contribution is 6.07. The number of amides is 1. The molecule has 38 heavy (non-hydrogen) atoms. The second-order valence-electron chi connectivity index (χ2n) is 11.5. The molecule has 0 spiro atoms. The molecule has 2 N–H and O–H groups in total. The van der Waals surface area contributed by atoms with Crippen molar-refractivity contribution in [1.82, 2.24) is 9.13 Å². The largest absolute Gasteiger partial charge is 0.339 e. The molecule has 0 unspecified atom stereocenters. The highest BCUT2D eigenvalue weighted by Crippen LogP contribution is 2.40. The highest BCUT2D eigenvalue weighted by Gasteiger charge is 2.37. The Labute approximate surface area is 222 Å². The smallest absolute Gasteiger partial charge is 0.274 e. The lowest BCUT2D eigenvalue weighted by Crippen LogP contribution is -2.41. The number of rotatable bonds is 4. The number of fused-ring (bicyclic) bond motifs is 3. The molecule has 3 heterocycles. The van der Waals surface area contributed by atoms with E-state index in [-0.39, 0.29) is 28.4 Å². The van der Waals surface area contributed by atoms with E-state index in [1.807, 2.05) is 26.8 Å². The average Bonchev–Trinajstić information content (AvgIpc) is 3.30. The van der Waals surface area contributed by atoms with Gasteiger partial charge in [0, 0.05) is 37.6 Å². The Bertz CT molecular complexity index is 1590. The summed E-state index contributed by atoms with van der Waals surface area (Å²) in [4.78, 5) is 28.1. The fraction of sp³-hybridized carbons (Fsp3) is 0.367. The number of nitrogens with one attached hydrogen (secondary N) is 2. The summed E-state index contributed by atoms with van der Waals surface area (Å²) in [6.07, 6.45) is 5.19. The van der Waals surface area contributed by atoms with Gasteiger partial charge in [0.1, 0.15) is 23.0 Å². The van der Waals surface area contributed by atoms with Crippen LogP contribution in [0.4, 0.5) is 15.8 Å². The van der Waals surface area contributed by atoms with Crippen LogP contribution in [0.3, 0.4) is 0 Å². The molecule has 0 saturated heterocycles. The minimum absolute atomic E-state index is 0.0908. The predicted octanol–water partition coefficient (Wildman–Crippen LogP) is 5.44. The standard InChI is InChI=1S/C30H34FN5O2/c1-17(2)9-27(32)33-23-10-20(16-34(6)28(23)37)22-12-21(31)13-24(18(22)3)36-8-7-35-25(29(36)38)11-19-14-30(4,5)15-26(19)35/h9-13,16H,7-8,14-15H2,1-6H3,(H2,32,33). The number of amidine groups is 1. The van der Waals surface area contributed by atoms with Gasteiger partial charge in [0.15, 0.2) is 0 Å². The summed E-state index contributed by atoms with van der Waals surface area (Å²) in [6.45, 7) is 11.2. The zero-order valence-electron chi connectivity index (χ0n) is 22.8. The monoisotopic (exact) mass is 515 g/mol. The first-order valence-electron chi connectivity index (χ1n) is 12.9. The first-order chi connectivity index (χ1) is 17.8. The van der Waals surface area contributed by atoms with Gasteiger partial charge >= 0.3 is 0 Å². The van der Waals surface area contributed by atoms with E-state index in [1.165, 1.54) is 28.0 Å². The van der Waals surface area contributed by atoms with E-state index in [9.17, 15) is 9.59 Å². The van der Waals surface area contributed by atoms with Crippen LogP contribution in [-0.4, -0.2) is 27.4 Å². The summed E-state index contributed by atoms with van der Waals surface area (Å²) < 4.78 is 18.6. The van der Waals surface area contributed by atoms with E-state index in [0.717, 1.165) is 24.0 Å².